The van der Waals surface area contributed by atoms with Crippen molar-refractivity contribution >= 4 is 23.6 Å². The number of carboxylic acid groups (broad SMARTS) is 1. The number of nitrogens with zero attached hydrogens (tertiary/aromatic N) is 2. The molecule has 1 aliphatic carbocycles. The van der Waals surface area contributed by atoms with Crippen molar-refractivity contribution in [2.45, 2.75) is 83.2 Å². The van der Waals surface area contributed by atoms with E-state index in [0.29, 0.717) is 24.8 Å². The van der Waals surface area contributed by atoms with Gasteiger partial charge in [0.1, 0.15) is 11.7 Å². The second kappa shape index (κ2) is 11.1. The molecule has 0 unspecified atom stereocenters. The van der Waals surface area contributed by atoms with Gasteiger partial charge in [-0.2, -0.15) is 0 Å². The number of hydrogen-bond donors (Lipinski definition) is 3. The van der Waals surface area contributed by atoms with Gasteiger partial charge in [0.15, 0.2) is 0 Å². The number of urea groups is 1. The average molecular weight is 493 g/mol. The molecule has 2 aliphatic rings. The number of aromatic nitrogens is 1. The fraction of sp³-hybridized carbons (Fsp3) is 0.500. The van der Waals surface area contributed by atoms with E-state index >= 15 is 0 Å². The van der Waals surface area contributed by atoms with Crippen molar-refractivity contribution in [2.24, 2.45) is 0 Å². The smallest absolute Gasteiger partial charge is 0.354 e. The van der Waals surface area contributed by atoms with Crippen molar-refractivity contribution in [3.8, 4) is 0 Å². The van der Waals surface area contributed by atoms with E-state index < -0.39 is 12.0 Å². The highest BCUT2D eigenvalue weighted by molar-refractivity contribution is 5.94. The number of aromatic carboxylic acids is 1. The van der Waals surface area contributed by atoms with Crippen molar-refractivity contribution < 1.29 is 19.5 Å². The molecule has 0 bridgehead atoms. The van der Waals surface area contributed by atoms with Crippen LogP contribution in [0, 0.1) is 6.92 Å². The van der Waals surface area contributed by atoms with Gasteiger partial charge < -0.3 is 20.6 Å². The van der Waals surface area contributed by atoms with Crippen LogP contribution in [-0.4, -0.2) is 51.5 Å². The van der Waals surface area contributed by atoms with Crippen LogP contribution in [-0.2, 0) is 4.79 Å². The number of carbonyl (C=O) groups excluding carboxylic acids is 2. The number of anilines is 1. The summed E-state index contributed by atoms with van der Waals surface area (Å²) in [7, 11) is 0. The topological polar surface area (TPSA) is 112 Å². The summed E-state index contributed by atoms with van der Waals surface area (Å²) in [4.78, 5) is 43.1. The van der Waals surface area contributed by atoms with Crippen molar-refractivity contribution in [1.82, 2.24) is 15.2 Å². The fourth-order valence-corrected chi connectivity index (χ4v) is 5.40. The Bertz CT molecular complexity index is 1110. The first-order chi connectivity index (χ1) is 17.2. The Morgan fingerprint density at radius 1 is 1.00 bits per heavy atom. The Kier molecular flexibility index (Phi) is 7.91. The Balaban J connectivity index is 1.30. The van der Waals surface area contributed by atoms with E-state index in [4.69, 9.17) is 5.11 Å². The molecule has 0 spiro atoms. The number of hydrogen-bond acceptors (Lipinski definition) is 4. The zero-order chi connectivity index (χ0) is 25.8. The lowest BCUT2D eigenvalue weighted by Gasteiger charge is -2.32. The molecule has 1 aromatic heterocycles. The molecule has 1 saturated heterocycles. The third-order valence-electron chi connectivity index (χ3n) is 7.50. The zero-order valence-corrected chi connectivity index (χ0v) is 21.3. The predicted octanol–water partition coefficient (Wildman–Crippen LogP) is 5.05. The monoisotopic (exact) mass is 492 g/mol. The lowest BCUT2D eigenvalue weighted by Crippen LogP contribution is -2.50. The van der Waals surface area contributed by atoms with Crippen LogP contribution in [0.1, 0.15) is 91.5 Å². The molecule has 192 valence electrons. The van der Waals surface area contributed by atoms with Crippen LogP contribution in [0.2, 0.25) is 0 Å². The van der Waals surface area contributed by atoms with Crippen molar-refractivity contribution in [1.29, 1.82) is 0 Å². The Labute approximate surface area is 212 Å². The molecule has 3 N–H and O–H groups in total. The summed E-state index contributed by atoms with van der Waals surface area (Å²) in [6, 6.07) is 10.7. The highest BCUT2D eigenvalue weighted by atomic mass is 16.4. The van der Waals surface area contributed by atoms with Gasteiger partial charge in [0.25, 0.3) is 0 Å². The minimum atomic E-state index is -1.02. The number of nitrogens with one attached hydrogen (secondary N) is 2. The minimum absolute atomic E-state index is 0.0647. The van der Waals surface area contributed by atoms with Gasteiger partial charge in [-0.15, -0.1) is 0 Å². The van der Waals surface area contributed by atoms with Crippen molar-refractivity contribution in [2.75, 3.05) is 11.9 Å². The normalized spacial score (nSPS) is 21.9. The quantitative estimate of drug-likeness (QED) is 0.522. The summed E-state index contributed by atoms with van der Waals surface area (Å²) in [5, 5.41) is 15.3. The van der Waals surface area contributed by atoms with Crippen LogP contribution in [0.3, 0.4) is 0 Å². The van der Waals surface area contributed by atoms with Crippen molar-refractivity contribution in [3.63, 3.8) is 0 Å². The predicted molar refractivity (Wildman–Crippen MR) is 138 cm³/mol. The molecule has 3 amide bonds. The van der Waals surface area contributed by atoms with Gasteiger partial charge in [-0.1, -0.05) is 32.0 Å². The van der Waals surface area contributed by atoms with Crippen LogP contribution in [0.4, 0.5) is 10.5 Å². The first kappa shape index (κ1) is 25.7. The van der Waals surface area contributed by atoms with Gasteiger partial charge in [0.05, 0.1) is 0 Å². The fourth-order valence-electron chi connectivity index (χ4n) is 5.40. The molecule has 8 nitrogen and oxygen atoms in total. The first-order valence-corrected chi connectivity index (χ1v) is 12.9. The molecular weight excluding hydrogens is 456 g/mol. The van der Waals surface area contributed by atoms with Gasteiger partial charge in [-0.3, -0.25) is 4.79 Å². The molecule has 2 aromatic rings. The number of rotatable bonds is 6. The Morgan fingerprint density at radius 2 is 1.69 bits per heavy atom. The summed E-state index contributed by atoms with van der Waals surface area (Å²) in [5.74, 6) is -0.362. The van der Waals surface area contributed by atoms with Crippen molar-refractivity contribution in [3.05, 3.63) is 58.9 Å². The standard InChI is InChI=1S/C28H36N4O4/c1-17(2)19-6-10-22(11-7-19)31-28(36)32-16-4-5-25(32)26(33)30-21-12-8-20(9-13-21)23-14-15-24(27(34)35)29-18(23)3/h6-7,10-11,14-15,17,20-21,25H,4-5,8-9,12-13,16H2,1-3H3,(H,30,33)(H,31,36)(H,34,35)/t20?,21?,25-/m1/s1. The number of aryl methyl sites for hydroxylation is 1. The van der Waals surface area contributed by atoms with Gasteiger partial charge in [-0.05, 0) is 86.6 Å². The largest absolute Gasteiger partial charge is 0.477 e. The molecule has 1 aliphatic heterocycles. The van der Waals surface area contributed by atoms with E-state index in [0.717, 1.165) is 49.0 Å². The molecule has 1 atom stereocenters. The molecule has 4 rings (SSSR count). The van der Waals surface area contributed by atoms with E-state index in [1.54, 1.807) is 11.0 Å². The maximum absolute atomic E-state index is 13.1. The molecule has 36 heavy (non-hydrogen) atoms. The highest BCUT2D eigenvalue weighted by Crippen LogP contribution is 2.34. The maximum atomic E-state index is 13.1. The van der Waals surface area contributed by atoms with Crippen LogP contribution in [0.25, 0.3) is 0 Å². The summed E-state index contributed by atoms with van der Waals surface area (Å²) < 4.78 is 0. The van der Waals surface area contributed by atoms with Crippen LogP contribution in [0.15, 0.2) is 36.4 Å². The molecule has 8 heteroatoms. The second-order valence-electron chi connectivity index (χ2n) is 10.3. The summed E-state index contributed by atoms with van der Waals surface area (Å²) in [6.07, 6.45) is 4.97. The Morgan fingerprint density at radius 3 is 2.31 bits per heavy atom. The van der Waals surface area contributed by atoms with Crippen LogP contribution in [0.5, 0.6) is 0 Å². The summed E-state index contributed by atoms with van der Waals surface area (Å²) >= 11 is 0. The zero-order valence-electron chi connectivity index (χ0n) is 21.3. The molecule has 1 saturated carbocycles. The maximum Gasteiger partial charge on any atom is 0.354 e. The number of benzene rings is 1. The van der Waals surface area contributed by atoms with E-state index in [1.807, 2.05) is 37.3 Å². The third-order valence-corrected chi connectivity index (χ3v) is 7.50. The molecule has 1 aromatic carbocycles. The second-order valence-corrected chi connectivity index (χ2v) is 10.3. The van der Waals surface area contributed by atoms with E-state index in [9.17, 15) is 14.4 Å². The SMILES string of the molecule is Cc1nc(C(=O)O)ccc1C1CCC(NC(=O)[C@H]2CCCN2C(=O)Nc2ccc(C(C)C)cc2)CC1. The lowest BCUT2D eigenvalue weighted by atomic mass is 9.81. The van der Waals surface area contributed by atoms with Gasteiger partial charge >= 0.3 is 12.0 Å². The number of carbonyl (C=O) groups is 3. The summed E-state index contributed by atoms with van der Waals surface area (Å²) in [6.45, 7) is 6.68. The number of likely N-dealkylation sites (tertiary alicyclic amines) is 1. The average Bonchev–Trinajstić information content (AvgIpc) is 3.35. The molecule has 0 radical (unpaired) electrons. The van der Waals surface area contributed by atoms with Gasteiger partial charge in [0.2, 0.25) is 5.91 Å². The van der Waals surface area contributed by atoms with Gasteiger partial charge in [-0.25, -0.2) is 14.6 Å². The third kappa shape index (κ3) is 5.86. The first-order valence-electron chi connectivity index (χ1n) is 12.9. The lowest BCUT2D eigenvalue weighted by molar-refractivity contribution is -0.125. The Hall–Kier alpha value is -3.42. The minimum Gasteiger partial charge on any atom is -0.477 e. The number of amides is 3. The summed E-state index contributed by atoms with van der Waals surface area (Å²) in [5.41, 5.74) is 3.86. The van der Waals surface area contributed by atoms with E-state index in [-0.39, 0.29) is 23.7 Å². The molecule has 2 fully saturated rings. The highest BCUT2D eigenvalue weighted by Gasteiger charge is 2.35. The van der Waals surface area contributed by atoms with E-state index in [2.05, 4.69) is 29.5 Å². The molecular formula is C28H36N4O4. The van der Waals surface area contributed by atoms with Gasteiger partial charge in [0, 0.05) is 24.0 Å². The number of pyridine rings is 1. The van der Waals surface area contributed by atoms with Crippen LogP contribution >= 0.6 is 0 Å². The molecule has 2 heterocycles. The van der Waals surface area contributed by atoms with E-state index in [1.165, 1.54) is 5.56 Å². The number of carboxylic acids is 1. The van der Waals surface area contributed by atoms with Crippen LogP contribution < -0.4 is 10.6 Å².